The third-order valence-electron chi connectivity index (χ3n) is 4.31. The van der Waals surface area contributed by atoms with Crippen molar-refractivity contribution in [2.45, 2.75) is 24.6 Å². The van der Waals surface area contributed by atoms with E-state index in [1.165, 1.54) is 38.4 Å². The van der Waals surface area contributed by atoms with Gasteiger partial charge in [0.2, 0.25) is 0 Å². The summed E-state index contributed by atoms with van der Waals surface area (Å²) in [6, 6.07) is 2.80. The van der Waals surface area contributed by atoms with E-state index in [2.05, 4.69) is 0 Å². The van der Waals surface area contributed by atoms with E-state index in [1.54, 1.807) is 18.0 Å². The van der Waals surface area contributed by atoms with Crippen LogP contribution < -0.4 is 4.74 Å². The lowest BCUT2D eigenvalue weighted by molar-refractivity contribution is -0.250. The zero-order valence-electron chi connectivity index (χ0n) is 13.9. The molecule has 1 aromatic rings. The molecule has 2 unspecified atom stereocenters. The lowest BCUT2D eigenvalue weighted by atomic mass is 9.77. The molecule has 1 heterocycles. The molecule has 2 atom stereocenters. The molecule has 0 radical (unpaired) electrons. The third-order valence-corrected chi connectivity index (χ3v) is 5.19. The summed E-state index contributed by atoms with van der Waals surface area (Å²) < 4.78 is 46.7. The van der Waals surface area contributed by atoms with E-state index in [0.29, 0.717) is 6.54 Å². The summed E-state index contributed by atoms with van der Waals surface area (Å²) in [5.74, 6) is -1.15. The van der Waals surface area contributed by atoms with E-state index in [9.17, 15) is 18.3 Å². The van der Waals surface area contributed by atoms with Gasteiger partial charge in [-0.1, -0.05) is 48.3 Å². The molecule has 0 aliphatic carbocycles. The quantitative estimate of drug-likeness (QED) is 0.795. The van der Waals surface area contributed by atoms with Gasteiger partial charge >= 0.3 is 6.18 Å². The highest BCUT2D eigenvalue weighted by Gasteiger charge is 2.59. The molecule has 1 aromatic carbocycles. The number of alkyl halides is 3. The number of nitrogens with zero attached hydrogens (tertiary/aromatic N) is 1. The van der Waals surface area contributed by atoms with Gasteiger partial charge < -0.3 is 14.7 Å². The second-order valence-electron chi connectivity index (χ2n) is 5.90. The van der Waals surface area contributed by atoms with E-state index in [1.807, 2.05) is 0 Å². The maximum Gasteiger partial charge on any atom is 0.422 e. The number of hydrogen-bond donors (Lipinski definition) is 1. The molecule has 0 spiro atoms. The van der Waals surface area contributed by atoms with Crippen LogP contribution in [0.3, 0.4) is 0 Å². The topological polar surface area (TPSA) is 32.7 Å². The van der Waals surface area contributed by atoms with Gasteiger partial charge in [-0.15, -0.1) is 0 Å². The van der Waals surface area contributed by atoms with Crippen LogP contribution in [-0.4, -0.2) is 42.5 Å². The van der Waals surface area contributed by atoms with Gasteiger partial charge in [-0.2, -0.15) is 13.2 Å². The largest absolute Gasteiger partial charge is 0.495 e. The fourth-order valence-electron chi connectivity index (χ4n) is 2.83. The standard InChI is InChI=1S/C17H18Cl2F3NO2/c1-10(12-6-7-13(25-3)15(19)14(12)18)16(24,17(20,21)22)11-5-4-8-23(2)9-11/h4-7,9-10,24H,8H2,1-3H3. The Morgan fingerprint density at radius 2 is 1.88 bits per heavy atom. The van der Waals surface area contributed by atoms with Crippen molar-refractivity contribution in [2.75, 3.05) is 20.7 Å². The monoisotopic (exact) mass is 395 g/mol. The second-order valence-corrected chi connectivity index (χ2v) is 6.65. The number of benzene rings is 1. The molecule has 1 aliphatic heterocycles. The normalized spacial score (nSPS) is 18.6. The Morgan fingerprint density at radius 3 is 2.40 bits per heavy atom. The molecule has 3 nitrogen and oxygen atoms in total. The van der Waals surface area contributed by atoms with Crippen molar-refractivity contribution in [3.05, 3.63) is 51.7 Å². The lowest BCUT2D eigenvalue weighted by Crippen LogP contribution is -2.51. The number of likely N-dealkylation sites (N-methyl/N-ethyl adjacent to an activating group) is 1. The molecular formula is C17H18Cl2F3NO2. The molecule has 0 saturated heterocycles. The molecule has 2 rings (SSSR count). The van der Waals surface area contributed by atoms with Gasteiger partial charge in [0.15, 0.2) is 5.60 Å². The van der Waals surface area contributed by atoms with Crippen LogP contribution in [0.4, 0.5) is 13.2 Å². The molecule has 0 saturated carbocycles. The molecule has 1 N–H and O–H groups in total. The smallest absolute Gasteiger partial charge is 0.422 e. The second kappa shape index (κ2) is 7.09. The van der Waals surface area contributed by atoms with Crippen molar-refractivity contribution >= 4 is 23.2 Å². The predicted octanol–water partition coefficient (Wildman–Crippen LogP) is 4.78. The van der Waals surface area contributed by atoms with E-state index in [0.717, 1.165) is 0 Å². The van der Waals surface area contributed by atoms with Crippen LogP contribution >= 0.6 is 23.2 Å². The average molecular weight is 396 g/mol. The lowest BCUT2D eigenvalue weighted by Gasteiger charge is -2.39. The van der Waals surface area contributed by atoms with Crippen LogP contribution in [0.5, 0.6) is 5.75 Å². The highest BCUT2D eigenvalue weighted by molar-refractivity contribution is 6.43. The molecule has 0 fully saturated rings. The first-order valence-electron chi connectivity index (χ1n) is 7.44. The van der Waals surface area contributed by atoms with Gasteiger partial charge in [0.05, 0.1) is 12.1 Å². The van der Waals surface area contributed by atoms with Crippen LogP contribution in [-0.2, 0) is 0 Å². The minimum Gasteiger partial charge on any atom is -0.495 e. The Morgan fingerprint density at radius 1 is 1.24 bits per heavy atom. The van der Waals surface area contributed by atoms with Crippen LogP contribution in [0.1, 0.15) is 18.4 Å². The Kier molecular flexibility index (Phi) is 5.66. The summed E-state index contributed by atoms with van der Waals surface area (Å²) in [6.07, 6.45) is -0.802. The van der Waals surface area contributed by atoms with Gasteiger partial charge in [-0.05, 0) is 11.6 Å². The molecule has 0 bridgehead atoms. The minimum atomic E-state index is -4.92. The zero-order valence-corrected chi connectivity index (χ0v) is 15.4. The van der Waals surface area contributed by atoms with Gasteiger partial charge in [0.1, 0.15) is 10.8 Å². The van der Waals surface area contributed by atoms with Crippen LogP contribution in [0.2, 0.25) is 10.0 Å². The van der Waals surface area contributed by atoms with Gasteiger partial charge in [0.25, 0.3) is 0 Å². The maximum atomic E-state index is 13.9. The van der Waals surface area contributed by atoms with E-state index in [-0.39, 0.29) is 26.9 Å². The summed E-state index contributed by atoms with van der Waals surface area (Å²) in [4.78, 5) is 1.56. The van der Waals surface area contributed by atoms with E-state index < -0.39 is 17.7 Å². The summed E-state index contributed by atoms with van der Waals surface area (Å²) >= 11 is 12.2. The highest BCUT2D eigenvalue weighted by atomic mass is 35.5. The molecule has 25 heavy (non-hydrogen) atoms. The summed E-state index contributed by atoms with van der Waals surface area (Å²) in [5.41, 5.74) is -3.31. The van der Waals surface area contributed by atoms with Crippen molar-refractivity contribution < 1.29 is 23.0 Å². The zero-order chi connectivity index (χ0) is 19.0. The predicted molar refractivity (Wildman–Crippen MR) is 92.3 cm³/mol. The first kappa shape index (κ1) is 19.9. The average Bonchev–Trinajstić information content (AvgIpc) is 2.55. The Bertz CT molecular complexity index is 719. The number of methoxy groups -OCH3 is 1. The highest BCUT2D eigenvalue weighted by Crippen LogP contribution is 2.49. The molecule has 0 amide bonds. The summed E-state index contributed by atoms with van der Waals surface area (Å²) in [5, 5.41) is 10.7. The summed E-state index contributed by atoms with van der Waals surface area (Å²) in [7, 11) is 3.00. The van der Waals surface area contributed by atoms with Gasteiger partial charge in [-0.3, -0.25) is 0 Å². The minimum absolute atomic E-state index is 0.00308. The number of rotatable bonds is 4. The Hall–Kier alpha value is -1.37. The number of halogens is 5. The van der Waals surface area contributed by atoms with Crippen LogP contribution in [0, 0.1) is 0 Å². The molecule has 1 aliphatic rings. The van der Waals surface area contributed by atoms with Crippen LogP contribution in [0.15, 0.2) is 36.1 Å². The van der Waals surface area contributed by atoms with E-state index in [4.69, 9.17) is 27.9 Å². The SMILES string of the molecule is COc1ccc(C(C)C(O)(C2=CN(C)CC=C2)C(F)(F)F)c(Cl)c1Cl. The van der Waals surface area contributed by atoms with E-state index >= 15 is 0 Å². The maximum absolute atomic E-state index is 13.9. The fraction of sp³-hybridized carbons (Fsp3) is 0.412. The molecule has 138 valence electrons. The van der Waals surface area contributed by atoms with Crippen molar-refractivity contribution in [2.24, 2.45) is 0 Å². The van der Waals surface area contributed by atoms with Crippen molar-refractivity contribution in [1.82, 2.24) is 4.90 Å². The molecule has 0 aromatic heterocycles. The molecule has 8 heteroatoms. The molecular weight excluding hydrogens is 378 g/mol. The number of ether oxygens (including phenoxy) is 1. The number of aliphatic hydroxyl groups is 1. The summed E-state index contributed by atoms with van der Waals surface area (Å²) in [6.45, 7) is 1.72. The van der Waals surface area contributed by atoms with Crippen molar-refractivity contribution in [3.63, 3.8) is 0 Å². The number of hydrogen-bond acceptors (Lipinski definition) is 3. The van der Waals surface area contributed by atoms with Crippen molar-refractivity contribution in [3.8, 4) is 5.75 Å². The fourth-order valence-corrected chi connectivity index (χ4v) is 3.40. The van der Waals surface area contributed by atoms with Crippen molar-refractivity contribution in [1.29, 1.82) is 0 Å². The van der Waals surface area contributed by atoms with Crippen LogP contribution in [0.25, 0.3) is 0 Å². The van der Waals surface area contributed by atoms with Gasteiger partial charge in [-0.25, -0.2) is 0 Å². The third kappa shape index (κ3) is 3.48. The first-order chi connectivity index (χ1) is 11.5. The first-order valence-corrected chi connectivity index (χ1v) is 8.19. The Balaban J connectivity index is 2.60. The Labute approximate surface area is 154 Å². The van der Waals surface area contributed by atoms with Gasteiger partial charge in [0, 0.05) is 31.3 Å².